The van der Waals surface area contributed by atoms with Crippen LogP contribution in [0.1, 0.15) is 77.2 Å². The van der Waals surface area contributed by atoms with E-state index >= 15 is 0 Å². The van der Waals surface area contributed by atoms with Gasteiger partial charge in [-0.05, 0) is 91.7 Å². The van der Waals surface area contributed by atoms with Crippen LogP contribution in [0.4, 0.5) is 4.39 Å². The van der Waals surface area contributed by atoms with Gasteiger partial charge >= 0.3 is 0 Å². The molecule has 5 rings (SSSR count). The van der Waals surface area contributed by atoms with Gasteiger partial charge in [0.2, 0.25) is 0 Å². The van der Waals surface area contributed by atoms with E-state index in [1.54, 1.807) is 12.1 Å². The van der Waals surface area contributed by atoms with Crippen molar-refractivity contribution in [1.82, 2.24) is 0 Å². The van der Waals surface area contributed by atoms with Gasteiger partial charge in [-0.15, -0.1) is 0 Å². The molecule has 4 aliphatic rings. The molecule has 0 bridgehead atoms. The average Bonchev–Trinajstić information content (AvgIpc) is 2.94. The zero-order valence-corrected chi connectivity index (χ0v) is 17.3. The molecule has 6 atom stereocenters. The number of hydrogen-bond acceptors (Lipinski definition) is 1. The summed E-state index contributed by atoms with van der Waals surface area (Å²) in [5, 5.41) is 0. The number of Topliss-reactive ketones (excluding diaryl/α,β-unsaturated/α-hetero) is 1. The fraction of sp³-hybridized carbons (Fsp3) is 0.654. The summed E-state index contributed by atoms with van der Waals surface area (Å²) in [6.07, 6.45) is 13.2. The van der Waals surface area contributed by atoms with Crippen LogP contribution in [0.2, 0.25) is 0 Å². The molecule has 0 radical (unpaired) electrons. The molecule has 0 aromatic heterocycles. The monoisotopic (exact) mass is 380 g/mol. The Morgan fingerprint density at radius 3 is 2.64 bits per heavy atom. The fourth-order valence-electron chi connectivity index (χ4n) is 7.87. The highest BCUT2D eigenvalue weighted by atomic mass is 19.1. The van der Waals surface area contributed by atoms with Crippen LogP contribution in [-0.4, -0.2) is 5.78 Å². The molecule has 1 aromatic carbocycles. The third-order valence-corrected chi connectivity index (χ3v) is 9.46. The first-order valence-electron chi connectivity index (χ1n) is 11.4. The number of rotatable bonds is 1. The second-order valence-electron chi connectivity index (χ2n) is 10.6. The standard InChI is InChI=1S/C26H33FO/c1-25-13-6-5-8-19(25)10-11-20-21(25)12-14-26(2)22(20)16-18(24(26)28)15-17-7-3-4-9-23(17)27/h3-4,7,9,15,19-22H,5-6,8,10-14,16H2,1-2H3/b18-15+/t19?,20?,21?,22?,25-,26-/m0/s1. The predicted molar refractivity (Wildman–Crippen MR) is 111 cm³/mol. The zero-order valence-electron chi connectivity index (χ0n) is 17.3. The van der Waals surface area contributed by atoms with Crippen molar-refractivity contribution in [3.8, 4) is 0 Å². The van der Waals surface area contributed by atoms with Gasteiger partial charge in [0.1, 0.15) is 5.82 Å². The maximum Gasteiger partial charge on any atom is 0.165 e. The minimum atomic E-state index is -0.226. The average molecular weight is 381 g/mol. The number of ketones is 1. The van der Waals surface area contributed by atoms with Crippen LogP contribution >= 0.6 is 0 Å². The first kappa shape index (κ1) is 18.6. The van der Waals surface area contributed by atoms with Gasteiger partial charge in [-0.2, -0.15) is 0 Å². The lowest BCUT2D eigenvalue weighted by atomic mass is 9.45. The van der Waals surface area contributed by atoms with Gasteiger partial charge in [-0.1, -0.05) is 44.9 Å². The minimum Gasteiger partial charge on any atom is -0.294 e. The van der Waals surface area contributed by atoms with E-state index in [1.165, 1.54) is 51.0 Å². The summed E-state index contributed by atoms with van der Waals surface area (Å²) in [5.41, 5.74) is 1.70. The minimum absolute atomic E-state index is 0.226. The third-order valence-electron chi connectivity index (χ3n) is 9.46. The highest BCUT2D eigenvalue weighted by Gasteiger charge is 2.60. The first-order valence-corrected chi connectivity index (χ1v) is 11.4. The molecule has 0 N–H and O–H groups in total. The number of fused-ring (bicyclic) bond motifs is 5. The Hall–Kier alpha value is -1.44. The van der Waals surface area contributed by atoms with E-state index in [9.17, 15) is 9.18 Å². The molecule has 1 aromatic rings. The van der Waals surface area contributed by atoms with Gasteiger partial charge in [0.15, 0.2) is 5.78 Å². The van der Waals surface area contributed by atoms with E-state index < -0.39 is 0 Å². The van der Waals surface area contributed by atoms with Crippen molar-refractivity contribution in [2.24, 2.45) is 34.5 Å². The van der Waals surface area contributed by atoms with Gasteiger partial charge < -0.3 is 0 Å². The molecular weight excluding hydrogens is 347 g/mol. The fourth-order valence-corrected chi connectivity index (χ4v) is 7.87. The van der Waals surface area contributed by atoms with Crippen molar-refractivity contribution in [2.45, 2.75) is 71.6 Å². The maximum atomic E-state index is 14.2. The summed E-state index contributed by atoms with van der Waals surface area (Å²) < 4.78 is 14.2. The van der Waals surface area contributed by atoms with E-state index in [0.717, 1.165) is 30.3 Å². The van der Waals surface area contributed by atoms with Crippen LogP contribution in [0, 0.1) is 40.3 Å². The largest absolute Gasteiger partial charge is 0.294 e. The molecule has 2 heteroatoms. The third kappa shape index (κ3) is 2.59. The molecule has 4 unspecified atom stereocenters. The lowest BCUT2D eigenvalue weighted by Gasteiger charge is -2.59. The summed E-state index contributed by atoms with van der Waals surface area (Å²) in [6, 6.07) is 6.84. The van der Waals surface area contributed by atoms with E-state index in [1.807, 2.05) is 12.1 Å². The molecule has 4 saturated carbocycles. The van der Waals surface area contributed by atoms with Crippen LogP contribution < -0.4 is 0 Å². The normalized spacial score (nSPS) is 44.1. The molecular formula is C26H33FO. The van der Waals surface area contributed by atoms with Gasteiger partial charge in [-0.3, -0.25) is 4.79 Å². The first-order chi connectivity index (χ1) is 13.4. The Morgan fingerprint density at radius 1 is 1.00 bits per heavy atom. The topological polar surface area (TPSA) is 17.1 Å². The number of halogens is 1. The van der Waals surface area contributed by atoms with Crippen molar-refractivity contribution < 1.29 is 9.18 Å². The molecule has 0 spiro atoms. The number of benzene rings is 1. The predicted octanol–water partition coefficient (Wildman–Crippen LogP) is 6.82. The summed E-state index contributed by atoms with van der Waals surface area (Å²) in [4.78, 5) is 13.4. The second kappa shape index (κ2) is 6.54. The van der Waals surface area contributed by atoms with Crippen LogP contribution in [0.25, 0.3) is 6.08 Å². The van der Waals surface area contributed by atoms with Crippen LogP contribution in [-0.2, 0) is 4.79 Å². The quantitative estimate of drug-likeness (QED) is 0.488. The molecule has 150 valence electrons. The smallest absolute Gasteiger partial charge is 0.165 e. The lowest BCUT2D eigenvalue weighted by Crippen LogP contribution is -2.52. The van der Waals surface area contributed by atoms with E-state index in [0.29, 0.717) is 28.6 Å². The SMILES string of the molecule is C[C@]12CCCCC1CCC1C2CC[C@]2(C)C(=O)/C(=C/c3ccccc3F)CC12. The van der Waals surface area contributed by atoms with Crippen molar-refractivity contribution in [3.63, 3.8) is 0 Å². The molecule has 4 aliphatic carbocycles. The summed E-state index contributed by atoms with van der Waals surface area (Å²) >= 11 is 0. The van der Waals surface area contributed by atoms with E-state index in [4.69, 9.17) is 0 Å². The van der Waals surface area contributed by atoms with Crippen molar-refractivity contribution in [1.29, 1.82) is 0 Å². The Morgan fingerprint density at radius 2 is 1.82 bits per heavy atom. The number of carbonyl (C=O) groups excluding carboxylic acids is 1. The van der Waals surface area contributed by atoms with Crippen molar-refractivity contribution in [2.75, 3.05) is 0 Å². The van der Waals surface area contributed by atoms with Crippen LogP contribution in [0.5, 0.6) is 0 Å². The Kier molecular flexibility index (Phi) is 4.34. The second-order valence-corrected chi connectivity index (χ2v) is 10.6. The lowest BCUT2D eigenvalue weighted by molar-refractivity contribution is -0.137. The van der Waals surface area contributed by atoms with Crippen LogP contribution in [0.15, 0.2) is 29.8 Å². The van der Waals surface area contributed by atoms with Gasteiger partial charge in [-0.25, -0.2) is 4.39 Å². The Labute approximate surface area is 168 Å². The van der Waals surface area contributed by atoms with E-state index in [-0.39, 0.29) is 11.2 Å². The molecule has 4 fully saturated rings. The molecule has 0 saturated heterocycles. The molecule has 0 amide bonds. The van der Waals surface area contributed by atoms with Gasteiger partial charge in [0.05, 0.1) is 0 Å². The number of hydrogen-bond donors (Lipinski definition) is 0. The van der Waals surface area contributed by atoms with E-state index in [2.05, 4.69) is 13.8 Å². The molecule has 28 heavy (non-hydrogen) atoms. The Balaban J connectivity index is 1.48. The summed E-state index contributed by atoms with van der Waals surface area (Å²) in [5.74, 6) is 2.89. The number of allylic oxidation sites excluding steroid dienone is 1. The Bertz CT molecular complexity index is 825. The van der Waals surface area contributed by atoms with Crippen molar-refractivity contribution in [3.05, 3.63) is 41.2 Å². The molecule has 0 heterocycles. The van der Waals surface area contributed by atoms with Gasteiger partial charge in [0, 0.05) is 11.0 Å². The van der Waals surface area contributed by atoms with Crippen molar-refractivity contribution >= 4 is 11.9 Å². The van der Waals surface area contributed by atoms with Gasteiger partial charge in [0.25, 0.3) is 0 Å². The summed E-state index contributed by atoms with van der Waals surface area (Å²) in [7, 11) is 0. The maximum absolute atomic E-state index is 14.2. The summed E-state index contributed by atoms with van der Waals surface area (Å²) in [6.45, 7) is 4.79. The van der Waals surface area contributed by atoms with Crippen LogP contribution in [0.3, 0.4) is 0 Å². The molecule has 0 aliphatic heterocycles. The highest BCUT2D eigenvalue weighted by Crippen LogP contribution is 2.66. The zero-order chi connectivity index (χ0) is 19.5. The number of carbonyl (C=O) groups is 1. The highest BCUT2D eigenvalue weighted by molar-refractivity contribution is 6.05. The molecule has 1 nitrogen and oxygen atoms in total.